The van der Waals surface area contributed by atoms with Crippen molar-refractivity contribution in [2.24, 2.45) is 0 Å². The SMILES string of the molecule is Cc1ccc(NC(=O)CSCC(=O)Nc2ccc(C)cc2Br)cc1. The Morgan fingerprint density at radius 2 is 1.50 bits per heavy atom. The summed E-state index contributed by atoms with van der Waals surface area (Å²) in [6.45, 7) is 3.98. The second kappa shape index (κ2) is 8.89. The van der Waals surface area contributed by atoms with Crippen molar-refractivity contribution in [1.29, 1.82) is 0 Å². The van der Waals surface area contributed by atoms with E-state index in [1.807, 2.05) is 56.3 Å². The average Bonchev–Trinajstić information content (AvgIpc) is 2.52. The third kappa shape index (κ3) is 6.02. The standard InChI is InChI=1S/C18H19BrN2O2S/c1-12-3-6-14(7-4-12)20-17(22)10-24-11-18(23)21-16-8-5-13(2)9-15(16)19/h3-9H,10-11H2,1-2H3,(H,20,22)(H,21,23). The lowest BCUT2D eigenvalue weighted by atomic mass is 10.2. The molecule has 2 amide bonds. The summed E-state index contributed by atoms with van der Waals surface area (Å²) >= 11 is 4.70. The van der Waals surface area contributed by atoms with Crippen LogP contribution in [-0.2, 0) is 9.59 Å². The fraction of sp³-hybridized carbons (Fsp3) is 0.222. The lowest BCUT2D eigenvalue weighted by molar-refractivity contribution is -0.114. The smallest absolute Gasteiger partial charge is 0.234 e. The second-order valence-electron chi connectivity index (χ2n) is 5.44. The zero-order valence-corrected chi connectivity index (χ0v) is 16.0. The number of carbonyl (C=O) groups excluding carboxylic acids is 2. The molecule has 0 heterocycles. The van der Waals surface area contributed by atoms with Crippen LogP contribution in [0.1, 0.15) is 11.1 Å². The Morgan fingerprint density at radius 3 is 2.12 bits per heavy atom. The summed E-state index contributed by atoms with van der Waals surface area (Å²) in [4.78, 5) is 23.8. The van der Waals surface area contributed by atoms with E-state index in [0.29, 0.717) is 0 Å². The quantitative estimate of drug-likeness (QED) is 0.748. The molecule has 2 rings (SSSR count). The number of benzene rings is 2. The molecule has 4 nitrogen and oxygen atoms in total. The highest BCUT2D eigenvalue weighted by molar-refractivity contribution is 9.10. The second-order valence-corrected chi connectivity index (χ2v) is 7.28. The number of amides is 2. The first kappa shape index (κ1) is 18.5. The molecule has 2 aromatic carbocycles. The van der Waals surface area contributed by atoms with Crippen LogP contribution in [0.5, 0.6) is 0 Å². The molecule has 0 saturated carbocycles. The molecule has 2 aromatic rings. The van der Waals surface area contributed by atoms with Gasteiger partial charge in [-0.25, -0.2) is 0 Å². The lowest BCUT2D eigenvalue weighted by Gasteiger charge is -2.08. The Bertz CT molecular complexity index is 732. The molecule has 0 atom stereocenters. The van der Waals surface area contributed by atoms with Gasteiger partial charge in [-0.2, -0.15) is 0 Å². The largest absolute Gasteiger partial charge is 0.325 e. The van der Waals surface area contributed by atoms with Gasteiger partial charge >= 0.3 is 0 Å². The number of aryl methyl sites for hydroxylation is 2. The maximum absolute atomic E-state index is 11.9. The van der Waals surface area contributed by atoms with Crippen molar-refractivity contribution in [2.75, 3.05) is 22.1 Å². The van der Waals surface area contributed by atoms with Gasteiger partial charge in [0, 0.05) is 10.2 Å². The van der Waals surface area contributed by atoms with Gasteiger partial charge in [0.2, 0.25) is 11.8 Å². The maximum Gasteiger partial charge on any atom is 0.234 e. The molecule has 0 aliphatic rings. The number of rotatable bonds is 6. The van der Waals surface area contributed by atoms with Gasteiger partial charge < -0.3 is 10.6 Å². The molecule has 0 saturated heterocycles. The van der Waals surface area contributed by atoms with E-state index < -0.39 is 0 Å². The van der Waals surface area contributed by atoms with E-state index in [4.69, 9.17) is 0 Å². The summed E-state index contributed by atoms with van der Waals surface area (Å²) < 4.78 is 0.845. The van der Waals surface area contributed by atoms with E-state index >= 15 is 0 Å². The Hall–Kier alpha value is -1.79. The molecule has 126 valence electrons. The number of thioether (sulfide) groups is 1. The van der Waals surface area contributed by atoms with Crippen LogP contribution < -0.4 is 10.6 Å². The molecule has 0 fully saturated rings. The maximum atomic E-state index is 11.9. The highest BCUT2D eigenvalue weighted by atomic mass is 79.9. The number of halogens is 1. The number of anilines is 2. The molecule has 0 bridgehead atoms. The van der Waals surface area contributed by atoms with Crippen LogP contribution in [0.25, 0.3) is 0 Å². The summed E-state index contributed by atoms with van der Waals surface area (Å²) in [5.74, 6) is 0.207. The Labute approximate surface area is 154 Å². The average molecular weight is 407 g/mol. The van der Waals surface area contributed by atoms with Gasteiger partial charge in [0.25, 0.3) is 0 Å². The van der Waals surface area contributed by atoms with Crippen molar-refractivity contribution in [3.8, 4) is 0 Å². The normalized spacial score (nSPS) is 10.3. The van der Waals surface area contributed by atoms with Crippen LogP contribution in [0.3, 0.4) is 0 Å². The number of carbonyl (C=O) groups is 2. The topological polar surface area (TPSA) is 58.2 Å². The minimum absolute atomic E-state index is 0.117. The van der Waals surface area contributed by atoms with Crippen molar-refractivity contribution in [3.05, 3.63) is 58.1 Å². The molecule has 0 unspecified atom stereocenters. The van der Waals surface area contributed by atoms with E-state index in [0.717, 1.165) is 27.0 Å². The number of nitrogens with one attached hydrogen (secondary N) is 2. The minimum Gasteiger partial charge on any atom is -0.325 e. The molecule has 0 aliphatic carbocycles. The van der Waals surface area contributed by atoms with E-state index in [1.54, 1.807) is 0 Å². The molecule has 0 spiro atoms. The fourth-order valence-electron chi connectivity index (χ4n) is 1.98. The predicted octanol–water partition coefficient (Wildman–Crippen LogP) is 4.38. The van der Waals surface area contributed by atoms with Gasteiger partial charge in [-0.1, -0.05) is 23.8 Å². The van der Waals surface area contributed by atoms with E-state index in [-0.39, 0.29) is 23.3 Å². The summed E-state index contributed by atoms with van der Waals surface area (Å²) in [5.41, 5.74) is 3.75. The van der Waals surface area contributed by atoms with Crippen molar-refractivity contribution < 1.29 is 9.59 Å². The zero-order valence-electron chi connectivity index (χ0n) is 13.6. The Kier molecular flexibility index (Phi) is 6.87. The third-order valence-corrected chi connectivity index (χ3v) is 4.79. The summed E-state index contributed by atoms with van der Waals surface area (Å²) in [7, 11) is 0. The van der Waals surface area contributed by atoms with Gasteiger partial charge in [-0.15, -0.1) is 11.8 Å². The van der Waals surface area contributed by atoms with Crippen LogP contribution in [0, 0.1) is 13.8 Å². The van der Waals surface area contributed by atoms with E-state index in [9.17, 15) is 9.59 Å². The van der Waals surface area contributed by atoms with Crippen LogP contribution >= 0.6 is 27.7 Å². The van der Waals surface area contributed by atoms with Gasteiger partial charge in [0.05, 0.1) is 17.2 Å². The van der Waals surface area contributed by atoms with Crippen LogP contribution in [0.15, 0.2) is 46.9 Å². The molecule has 6 heteroatoms. The zero-order chi connectivity index (χ0) is 17.5. The van der Waals surface area contributed by atoms with Crippen molar-refractivity contribution in [1.82, 2.24) is 0 Å². The van der Waals surface area contributed by atoms with Crippen LogP contribution in [0.2, 0.25) is 0 Å². The number of hydrogen-bond donors (Lipinski definition) is 2. The molecule has 2 N–H and O–H groups in total. The van der Waals surface area contributed by atoms with Crippen molar-refractivity contribution in [2.45, 2.75) is 13.8 Å². The van der Waals surface area contributed by atoms with Gasteiger partial charge in [-0.3, -0.25) is 9.59 Å². The highest BCUT2D eigenvalue weighted by Gasteiger charge is 2.08. The van der Waals surface area contributed by atoms with Gasteiger partial charge in [-0.05, 0) is 59.6 Å². The summed E-state index contributed by atoms with van der Waals surface area (Å²) in [6.07, 6.45) is 0. The van der Waals surface area contributed by atoms with Crippen LogP contribution in [0.4, 0.5) is 11.4 Å². The first-order valence-corrected chi connectivity index (χ1v) is 9.39. The predicted molar refractivity (Wildman–Crippen MR) is 105 cm³/mol. The molecule has 0 aliphatic heterocycles. The van der Waals surface area contributed by atoms with Crippen molar-refractivity contribution in [3.63, 3.8) is 0 Å². The van der Waals surface area contributed by atoms with E-state index in [2.05, 4.69) is 26.6 Å². The molecule has 24 heavy (non-hydrogen) atoms. The first-order chi connectivity index (χ1) is 11.4. The summed E-state index contributed by atoms with van der Waals surface area (Å²) in [5, 5.41) is 5.64. The monoisotopic (exact) mass is 406 g/mol. The lowest BCUT2D eigenvalue weighted by Crippen LogP contribution is -2.18. The fourth-order valence-corrected chi connectivity index (χ4v) is 3.19. The van der Waals surface area contributed by atoms with Gasteiger partial charge in [0.15, 0.2) is 0 Å². The third-order valence-electron chi connectivity index (χ3n) is 3.20. The van der Waals surface area contributed by atoms with Crippen molar-refractivity contribution >= 4 is 50.9 Å². The molecule has 0 radical (unpaired) electrons. The highest BCUT2D eigenvalue weighted by Crippen LogP contribution is 2.23. The Morgan fingerprint density at radius 1 is 0.917 bits per heavy atom. The van der Waals surface area contributed by atoms with Gasteiger partial charge in [0.1, 0.15) is 0 Å². The first-order valence-electron chi connectivity index (χ1n) is 7.44. The van der Waals surface area contributed by atoms with Crippen LogP contribution in [-0.4, -0.2) is 23.3 Å². The number of hydrogen-bond acceptors (Lipinski definition) is 3. The Balaban J connectivity index is 1.73. The molecular formula is C18H19BrN2O2S. The minimum atomic E-state index is -0.132. The van der Waals surface area contributed by atoms with E-state index in [1.165, 1.54) is 11.8 Å². The summed E-state index contributed by atoms with van der Waals surface area (Å²) in [6, 6.07) is 13.3. The molecular weight excluding hydrogens is 388 g/mol. The molecule has 0 aromatic heterocycles.